The van der Waals surface area contributed by atoms with Crippen molar-refractivity contribution in [1.29, 1.82) is 0 Å². The third kappa shape index (κ3) is 4.83. The zero-order valence-corrected chi connectivity index (χ0v) is 10.7. The first-order valence-electron chi connectivity index (χ1n) is 6.35. The van der Waals surface area contributed by atoms with Crippen molar-refractivity contribution in [2.24, 2.45) is 5.92 Å². The topological polar surface area (TPSA) is 63.0 Å². The van der Waals surface area contributed by atoms with Crippen LogP contribution in [0.3, 0.4) is 0 Å². The second kappa shape index (κ2) is 5.14. The minimum Gasteiger partial charge on any atom is -0.390 e. The summed E-state index contributed by atoms with van der Waals surface area (Å²) in [6.45, 7) is 6.21. The molecule has 17 heavy (non-hydrogen) atoms. The van der Waals surface area contributed by atoms with Gasteiger partial charge in [-0.1, -0.05) is 5.21 Å². The molecule has 0 spiro atoms. The molecule has 0 unspecified atom stereocenters. The van der Waals surface area contributed by atoms with E-state index in [1.165, 1.54) is 12.8 Å². The van der Waals surface area contributed by atoms with Gasteiger partial charge in [0.05, 0.1) is 11.3 Å². The van der Waals surface area contributed by atoms with Crippen LogP contribution >= 0.6 is 0 Å². The Kier molecular flexibility index (Phi) is 3.79. The molecular formula is C12H22N4O. The SMILES string of the molecule is CC(C)(O)CCn1cc(CNCC2CC2)nn1. The van der Waals surface area contributed by atoms with E-state index < -0.39 is 5.60 Å². The van der Waals surface area contributed by atoms with E-state index in [1.807, 2.05) is 20.0 Å². The summed E-state index contributed by atoms with van der Waals surface area (Å²) in [6.07, 6.45) is 5.37. The Labute approximate surface area is 102 Å². The van der Waals surface area contributed by atoms with E-state index in [-0.39, 0.29) is 0 Å². The van der Waals surface area contributed by atoms with Crippen LogP contribution in [0.1, 0.15) is 38.8 Å². The Morgan fingerprint density at radius 3 is 2.94 bits per heavy atom. The van der Waals surface area contributed by atoms with Gasteiger partial charge in [0.25, 0.3) is 0 Å². The Morgan fingerprint density at radius 1 is 1.53 bits per heavy atom. The van der Waals surface area contributed by atoms with Crippen LogP contribution < -0.4 is 5.32 Å². The lowest BCUT2D eigenvalue weighted by atomic mass is 10.1. The molecule has 0 radical (unpaired) electrons. The summed E-state index contributed by atoms with van der Waals surface area (Å²) < 4.78 is 1.80. The molecule has 1 fully saturated rings. The number of aryl methyl sites for hydroxylation is 1. The second-order valence-electron chi connectivity index (χ2n) is 5.61. The zero-order chi connectivity index (χ0) is 12.3. The number of nitrogens with zero attached hydrogens (tertiary/aromatic N) is 3. The first-order chi connectivity index (χ1) is 8.03. The van der Waals surface area contributed by atoms with E-state index in [1.54, 1.807) is 4.68 Å². The summed E-state index contributed by atoms with van der Waals surface area (Å²) in [7, 11) is 0. The summed E-state index contributed by atoms with van der Waals surface area (Å²) in [4.78, 5) is 0. The first kappa shape index (κ1) is 12.5. The van der Waals surface area contributed by atoms with Gasteiger partial charge in [0, 0.05) is 19.3 Å². The molecule has 5 nitrogen and oxygen atoms in total. The summed E-state index contributed by atoms with van der Waals surface area (Å²) in [5.41, 5.74) is 0.331. The Bertz CT molecular complexity index is 352. The monoisotopic (exact) mass is 238 g/mol. The fraction of sp³-hybridized carbons (Fsp3) is 0.833. The largest absolute Gasteiger partial charge is 0.390 e. The number of hydrogen-bond donors (Lipinski definition) is 2. The van der Waals surface area contributed by atoms with Gasteiger partial charge in [-0.2, -0.15) is 0 Å². The summed E-state index contributed by atoms with van der Waals surface area (Å²) in [5, 5.41) is 21.2. The lowest BCUT2D eigenvalue weighted by Crippen LogP contribution is -2.21. The van der Waals surface area contributed by atoms with Crippen LogP contribution in [0.4, 0.5) is 0 Å². The van der Waals surface area contributed by atoms with Gasteiger partial charge >= 0.3 is 0 Å². The molecule has 2 rings (SSSR count). The summed E-state index contributed by atoms with van der Waals surface area (Å²) in [6, 6.07) is 0. The van der Waals surface area contributed by atoms with Crippen LogP contribution in [0, 0.1) is 5.92 Å². The maximum Gasteiger partial charge on any atom is 0.0964 e. The molecule has 0 bridgehead atoms. The quantitative estimate of drug-likeness (QED) is 0.742. The van der Waals surface area contributed by atoms with Crippen LogP contribution in [-0.2, 0) is 13.1 Å². The maximum atomic E-state index is 9.62. The van der Waals surface area contributed by atoms with Crippen LogP contribution in [0.25, 0.3) is 0 Å². The van der Waals surface area contributed by atoms with Crippen molar-refractivity contribution in [3.05, 3.63) is 11.9 Å². The molecule has 0 aliphatic heterocycles. The van der Waals surface area contributed by atoms with Gasteiger partial charge in [0.1, 0.15) is 0 Å². The smallest absolute Gasteiger partial charge is 0.0964 e. The number of hydrogen-bond acceptors (Lipinski definition) is 4. The molecule has 0 amide bonds. The molecule has 0 saturated heterocycles. The minimum atomic E-state index is -0.643. The third-order valence-corrected chi connectivity index (χ3v) is 2.97. The average molecular weight is 238 g/mol. The van der Waals surface area contributed by atoms with Crippen molar-refractivity contribution in [3.63, 3.8) is 0 Å². The summed E-state index contributed by atoms with van der Waals surface area (Å²) in [5.74, 6) is 0.889. The van der Waals surface area contributed by atoms with Crippen molar-refractivity contribution in [2.45, 2.75) is 51.8 Å². The van der Waals surface area contributed by atoms with Gasteiger partial charge in [-0.3, -0.25) is 4.68 Å². The zero-order valence-electron chi connectivity index (χ0n) is 10.7. The molecule has 96 valence electrons. The van der Waals surface area contributed by atoms with Crippen LogP contribution in [0.15, 0.2) is 6.20 Å². The number of nitrogens with one attached hydrogen (secondary N) is 1. The fourth-order valence-electron chi connectivity index (χ4n) is 1.64. The number of aliphatic hydroxyl groups is 1. The molecule has 1 aromatic heterocycles. The van der Waals surface area contributed by atoms with Gasteiger partial charge < -0.3 is 10.4 Å². The van der Waals surface area contributed by atoms with E-state index in [4.69, 9.17) is 0 Å². The third-order valence-electron chi connectivity index (χ3n) is 2.97. The highest BCUT2D eigenvalue weighted by molar-refractivity contribution is 4.92. The van der Waals surface area contributed by atoms with E-state index >= 15 is 0 Å². The van der Waals surface area contributed by atoms with Crippen molar-refractivity contribution in [3.8, 4) is 0 Å². The highest BCUT2D eigenvalue weighted by atomic mass is 16.3. The first-order valence-corrected chi connectivity index (χ1v) is 6.35. The van der Waals surface area contributed by atoms with Gasteiger partial charge in [0.15, 0.2) is 0 Å². The van der Waals surface area contributed by atoms with E-state index in [0.717, 1.165) is 24.7 Å². The molecule has 1 heterocycles. The molecule has 1 aliphatic carbocycles. The van der Waals surface area contributed by atoms with Crippen molar-refractivity contribution < 1.29 is 5.11 Å². The Morgan fingerprint density at radius 2 is 2.29 bits per heavy atom. The number of rotatable bonds is 7. The van der Waals surface area contributed by atoms with E-state index in [9.17, 15) is 5.11 Å². The van der Waals surface area contributed by atoms with Gasteiger partial charge in [-0.25, -0.2) is 0 Å². The molecule has 1 aromatic rings. The van der Waals surface area contributed by atoms with Crippen molar-refractivity contribution in [2.75, 3.05) is 6.54 Å². The minimum absolute atomic E-state index is 0.643. The lowest BCUT2D eigenvalue weighted by Gasteiger charge is -2.15. The predicted molar refractivity (Wildman–Crippen MR) is 65.4 cm³/mol. The molecule has 1 saturated carbocycles. The van der Waals surface area contributed by atoms with Crippen LogP contribution in [-0.4, -0.2) is 32.2 Å². The number of aromatic nitrogens is 3. The predicted octanol–water partition coefficient (Wildman–Crippen LogP) is 0.939. The molecule has 2 N–H and O–H groups in total. The standard InChI is InChI=1S/C12H22N4O/c1-12(2,17)5-6-16-9-11(14-15-16)8-13-7-10-3-4-10/h9-10,13,17H,3-8H2,1-2H3. The van der Waals surface area contributed by atoms with Gasteiger partial charge in [0.2, 0.25) is 0 Å². The highest BCUT2D eigenvalue weighted by Gasteiger charge is 2.20. The maximum absolute atomic E-state index is 9.62. The molecule has 0 aromatic carbocycles. The van der Waals surface area contributed by atoms with Crippen LogP contribution in [0.5, 0.6) is 0 Å². The average Bonchev–Trinajstić information content (AvgIpc) is 2.93. The van der Waals surface area contributed by atoms with E-state index in [0.29, 0.717) is 13.0 Å². The highest BCUT2D eigenvalue weighted by Crippen LogP contribution is 2.27. The molecule has 5 heteroatoms. The normalized spacial score (nSPS) is 16.4. The van der Waals surface area contributed by atoms with Gasteiger partial charge in [-0.05, 0) is 45.6 Å². The van der Waals surface area contributed by atoms with Gasteiger partial charge in [-0.15, -0.1) is 5.10 Å². The Balaban J connectivity index is 1.70. The van der Waals surface area contributed by atoms with E-state index in [2.05, 4.69) is 15.6 Å². The second-order valence-corrected chi connectivity index (χ2v) is 5.61. The van der Waals surface area contributed by atoms with Crippen LogP contribution in [0.2, 0.25) is 0 Å². The lowest BCUT2D eigenvalue weighted by molar-refractivity contribution is 0.0649. The summed E-state index contributed by atoms with van der Waals surface area (Å²) >= 11 is 0. The fourth-order valence-corrected chi connectivity index (χ4v) is 1.64. The van der Waals surface area contributed by atoms with Crippen molar-refractivity contribution >= 4 is 0 Å². The Hall–Kier alpha value is -0.940. The molecule has 1 aliphatic rings. The van der Waals surface area contributed by atoms with Crippen molar-refractivity contribution in [1.82, 2.24) is 20.3 Å². The molecular weight excluding hydrogens is 216 g/mol. The molecule has 0 atom stereocenters.